The van der Waals surface area contributed by atoms with Crippen LogP contribution >= 0.6 is 0 Å². The number of rotatable bonds is 7. The molecule has 0 radical (unpaired) electrons. The van der Waals surface area contributed by atoms with E-state index in [4.69, 9.17) is 5.14 Å². The number of hydrogen-bond donors (Lipinski definition) is 3. The van der Waals surface area contributed by atoms with E-state index >= 15 is 0 Å². The molecule has 2 aromatic carbocycles. The van der Waals surface area contributed by atoms with Crippen molar-refractivity contribution in [2.24, 2.45) is 5.14 Å². The first kappa shape index (κ1) is 26.2. The number of alkyl halides is 3. The number of aromatic nitrogens is 3. The lowest BCUT2D eigenvalue weighted by atomic mass is 10.1. The summed E-state index contributed by atoms with van der Waals surface area (Å²) in [7, 11) is -4.33. The lowest BCUT2D eigenvalue weighted by Crippen LogP contribution is -2.22. The first-order chi connectivity index (χ1) is 17.3. The molecule has 0 fully saturated rings. The van der Waals surface area contributed by atoms with Gasteiger partial charge in [-0.15, -0.1) is 0 Å². The van der Waals surface area contributed by atoms with E-state index in [1.54, 1.807) is 13.0 Å². The molecule has 2 heterocycles. The van der Waals surface area contributed by atoms with Crippen LogP contribution in [0.4, 0.5) is 33.7 Å². The van der Waals surface area contributed by atoms with E-state index in [-0.39, 0.29) is 22.8 Å². The van der Waals surface area contributed by atoms with Gasteiger partial charge < -0.3 is 10.6 Å². The maximum atomic E-state index is 13.9. The summed E-state index contributed by atoms with van der Waals surface area (Å²) < 4.78 is 89.3. The van der Waals surface area contributed by atoms with Gasteiger partial charge in [0.15, 0.2) is 5.82 Å². The van der Waals surface area contributed by atoms with E-state index in [1.807, 2.05) is 0 Å². The smallest absolute Gasteiger partial charge is 0.359 e. The van der Waals surface area contributed by atoms with Crippen molar-refractivity contribution in [3.63, 3.8) is 0 Å². The van der Waals surface area contributed by atoms with Gasteiger partial charge in [-0.05, 0) is 61.0 Å². The Balaban J connectivity index is 1.72. The van der Waals surface area contributed by atoms with Gasteiger partial charge in [0.2, 0.25) is 16.0 Å². The van der Waals surface area contributed by atoms with Gasteiger partial charge in [0.05, 0.1) is 17.3 Å². The maximum absolute atomic E-state index is 13.9. The second-order valence-corrected chi connectivity index (χ2v) is 9.57. The minimum atomic E-state index is -4.55. The lowest BCUT2D eigenvalue weighted by Gasteiger charge is -2.17. The van der Waals surface area contributed by atoms with Gasteiger partial charge in [-0.1, -0.05) is 6.07 Å². The zero-order valence-electron chi connectivity index (χ0n) is 19.0. The van der Waals surface area contributed by atoms with Crippen LogP contribution in [0.3, 0.4) is 0 Å². The molecule has 0 spiro atoms. The molecule has 0 aliphatic carbocycles. The van der Waals surface area contributed by atoms with E-state index < -0.39 is 45.3 Å². The van der Waals surface area contributed by atoms with E-state index in [2.05, 4.69) is 25.6 Å². The number of pyridine rings is 1. The van der Waals surface area contributed by atoms with Gasteiger partial charge in [-0.25, -0.2) is 32.3 Å². The third-order valence-electron chi connectivity index (χ3n) is 5.25. The van der Waals surface area contributed by atoms with Gasteiger partial charge in [0, 0.05) is 5.56 Å². The molecule has 1 atom stereocenters. The molecule has 4 aromatic rings. The van der Waals surface area contributed by atoms with E-state index in [0.717, 1.165) is 12.1 Å². The molecule has 1 unspecified atom stereocenters. The van der Waals surface area contributed by atoms with Crippen molar-refractivity contribution in [2.75, 3.05) is 17.2 Å². The molecule has 0 saturated carbocycles. The second kappa shape index (κ2) is 9.86. The molecule has 0 aliphatic rings. The Bertz CT molecular complexity index is 1560. The fourth-order valence-electron chi connectivity index (χ4n) is 3.45. The number of nitrogens with two attached hydrogens (primary N) is 1. The average molecular weight is 539 g/mol. The summed E-state index contributed by atoms with van der Waals surface area (Å²) in [5.41, 5.74) is 1.45. The van der Waals surface area contributed by atoms with Gasteiger partial charge in [0.1, 0.15) is 28.6 Å². The second-order valence-electron chi connectivity index (χ2n) is 8.04. The molecule has 4 N–H and O–H groups in total. The molecule has 0 saturated heterocycles. The third-order valence-corrected chi connectivity index (χ3v) is 6.17. The monoisotopic (exact) mass is 538 g/mol. The molecular formula is C23H19F5N6O2S. The maximum Gasteiger partial charge on any atom is 0.405 e. The number of anilines is 2. The van der Waals surface area contributed by atoms with Gasteiger partial charge in [-0.3, -0.25) is 0 Å². The minimum absolute atomic E-state index is 0.0440. The highest BCUT2D eigenvalue weighted by atomic mass is 32.2. The Morgan fingerprint density at radius 2 is 1.68 bits per heavy atom. The molecule has 14 heteroatoms. The number of nitrogens with one attached hydrogen (secondary N) is 2. The van der Waals surface area contributed by atoms with Crippen LogP contribution in [0.5, 0.6) is 0 Å². The Morgan fingerprint density at radius 3 is 2.32 bits per heavy atom. The molecule has 8 nitrogen and oxygen atoms in total. The Labute approximate surface area is 207 Å². The fourth-order valence-corrected chi connectivity index (χ4v) is 4.09. The number of primary sulfonamides is 1. The predicted molar refractivity (Wildman–Crippen MR) is 127 cm³/mol. The molecule has 0 amide bonds. The van der Waals surface area contributed by atoms with Crippen LogP contribution in [0.15, 0.2) is 59.5 Å². The first-order valence-corrected chi connectivity index (χ1v) is 12.2. The zero-order valence-corrected chi connectivity index (χ0v) is 19.8. The van der Waals surface area contributed by atoms with Crippen LogP contribution in [0.25, 0.3) is 22.3 Å². The number of halogens is 5. The summed E-state index contributed by atoms with van der Waals surface area (Å²) in [5.74, 6) is -1.79. The molecule has 37 heavy (non-hydrogen) atoms. The molecular weight excluding hydrogens is 519 g/mol. The van der Waals surface area contributed by atoms with Crippen LogP contribution in [0.2, 0.25) is 0 Å². The van der Waals surface area contributed by atoms with Crippen molar-refractivity contribution < 1.29 is 30.4 Å². The number of fused-ring (bicyclic) bond motifs is 1. The Morgan fingerprint density at radius 1 is 0.973 bits per heavy atom. The minimum Gasteiger partial charge on any atom is -0.359 e. The average Bonchev–Trinajstić information content (AvgIpc) is 2.82. The lowest BCUT2D eigenvalue weighted by molar-refractivity contribution is -0.115. The summed E-state index contributed by atoms with van der Waals surface area (Å²) >= 11 is 0. The van der Waals surface area contributed by atoms with Crippen molar-refractivity contribution in [1.82, 2.24) is 15.0 Å². The molecule has 0 bridgehead atoms. The van der Waals surface area contributed by atoms with Crippen molar-refractivity contribution in [1.29, 1.82) is 0 Å². The summed E-state index contributed by atoms with van der Waals surface area (Å²) in [6.45, 7) is 0.193. The summed E-state index contributed by atoms with van der Waals surface area (Å²) in [4.78, 5) is 12.1. The first-order valence-electron chi connectivity index (χ1n) is 10.6. The number of sulfonamides is 1. The van der Waals surface area contributed by atoms with Gasteiger partial charge >= 0.3 is 6.18 Å². The third kappa shape index (κ3) is 6.27. The van der Waals surface area contributed by atoms with Crippen LogP contribution in [0.1, 0.15) is 18.5 Å². The highest BCUT2D eigenvalue weighted by Gasteiger charge is 2.28. The Kier molecular flexibility index (Phi) is 6.97. The van der Waals surface area contributed by atoms with Crippen molar-refractivity contribution >= 4 is 32.8 Å². The molecule has 0 aliphatic heterocycles. The number of hydrogen-bond acceptors (Lipinski definition) is 7. The Hall–Kier alpha value is -3.91. The van der Waals surface area contributed by atoms with Crippen LogP contribution in [0, 0.1) is 11.6 Å². The molecule has 194 valence electrons. The predicted octanol–water partition coefficient (Wildman–Crippen LogP) is 4.76. The summed E-state index contributed by atoms with van der Waals surface area (Å²) in [6, 6.07) is 11.1. The quantitative estimate of drug-likeness (QED) is 0.290. The van der Waals surface area contributed by atoms with Crippen LogP contribution in [-0.4, -0.2) is 36.1 Å². The van der Waals surface area contributed by atoms with Crippen LogP contribution < -0.4 is 15.8 Å². The van der Waals surface area contributed by atoms with Gasteiger partial charge in [0.25, 0.3) is 0 Å². The van der Waals surface area contributed by atoms with E-state index in [1.165, 1.54) is 36.4 Å². The topological polar surface area (TPSA) is 123 Å². The summed E-state index contributed by atoms with van der Waals surface area (Å²) in [5, 5.41) is 10.1. The number of benzene rings is 2. The molecule has 2 aromatic heterocycles. The van der Waals surface area contributed by atoms with E-state index in [0.29, 0.717) is 16.8 Å². The highest BCUT2D eigenvalue weighted by molar-refractivity contribution is 7.89. The summed E-state index contributed by atoms with van der Waals surface area (Å²) in [6.07, 6.45) is -4.55. The van der Waals surface area contributed by atoms with Crippen molar-refractivity contribution in [3.8, 4) is 11.3 Å². The van der Waals surface area contributed by atoms with Gasteiger partial charge in [-0.2, -0.15) is 18.2 Å². The fraction of sp³-hybridized carbons (Fsp3) is 0.174. The van der Waals surface area contributed by atoms with Crippen LogP contribution in [-0.2, 0) is 10.0 Å². The number of nitrogens with zero attached hydrogens (tertiary/aromatic N) is 3. The largest absolute Gasteiger partial charge is 0.405 e. The standard InChI is InChI=1S/C23H19F5N6O2S/c1-12(14-4-7-16(25)19(10-14)37(29,35)36)31-22-33-18-9-8-17(13-2-5-15(24)6-3-13)32-20(18)21(34-22)30-11-23(26,27)28/h2-10,12H,11H2,1H3,(H2,29,35,36)(H2,30,31,33,34). The normalized spacial score (nSPS) is 12.9. The van der Waals surface area contributed by atoms with Crippen molar-refractivity contribution in [3.05, 3.63) is 71.8 Å². The SMILES string of the molecule is CC(Nc1nc(NCC(F)(F)F)c2nc(-c3ccc(F)cc3)ccc2n1)c1ccc(F)c(S(N)(=O)=O)c1. The highest BCUT2D eigenvalue weighted by Crippen LogP contribution is 2.28. The van der Waals surface area contributed by atoms with E-state index in [9.17, 15) is 30.4 Å². The van der Waals surface area contributed by atoms with Crippen molar-refractivity contribution in [2.45, 2.75) is 24.0 Å². The molecule has 4 rings (SSSR count). The zero-order chi connectivity index (χ0) is 27.0.